The number of hydrogen-bond acceptors (Lipinski definition) is 5. The second-order valence-corrected chi connectivity index (χ2v) is 5.58. The molecule has 2 atom stereocenters. The van der Waals surface area contributed by atoms with Gasteiger partial charge in [0.1, 0.15) is 0 Å². The Morgan fingerprint density at radius 1 is 1.59 bits per heavy atom. The number of nitrogens with one attached hydrogen (secondary N) is 2. The van der Waals surface area contributed by atoms with Gasteiger partial charge in [0, 0.05) is 16.5 Å². The quantitative estimate of drug-likeness (QED) is 0.750. The van der Waals surface area contributed by atoms with E-state index < -0.39 is 12.0 Å². The summed E-state index contributed by atoms with van der Waals surface area (Å²) in [7, 11) is 0. The molecule has 0 aliphatic carbocycles. The van der Waals surface area contributed by atoms with Crippen LogP contribution in [0, 0.1) is 0 Å². The zero-order valence-corrected chi connectivity index (χ0v) is 10.5. The largest absolute Gasteiger partial charge is 0.479 e. The summed E-state index contributed by atoms with van der Waals surface area (Å²) in [6.45, 7) is 0. The topological polar surface area (TPSA) is 78.4 Å². The van der Waals surface area contributed by atoms with E-state index in [4.69, 9.17) is 5.11 Å². The van der Waals surface area contributed by atoms with Crippen LogP contribution in [0.5, 0.6) is 0 Å². The first-order valence-electron chi connectivity index (χ1n) is 5.06. The molecule has 17 heavy (non-hydrogen) atoms. The lowest BCUT2D eigenvalue weighted by atomic mass is 10.2. The van der Waals surface area contributed by atoms with Gasteiger partial charge in [0.2, 0.25) is 5.91 Å². The van der Waals surface area contributed by atoms with Gasteiger partial charge in [-0.15, -0.1) is 23.1 Å². The van der Waals surface area contributed by atoms with E-state index in [1.54, 1.807) is 29.3 Å². The Kier molecular flexibility index (Phi) is 4.03. The summed E-state index contributed by atoms with van der Waals surface area (Å²) in [5, 5.41) is 16.5. The molecule has 0 spiro atoms. The fraction of sp³-hybridized carbons (Fsp3) is 0.400. The number of rotatable bonds is 4. The van der Waals surface area contributed by atoms with Crippen molar-refractivity contribution in [2.45, 2.75) is 12.1 Å². The summed E-state index contributed by atoms with van der Waals surface area (Å²) in [4.78, 5) is 23.6. The van der Waals surface area contributed by atoms with Crippen LogP contribution in [0.15, 0.2) is 17.5 Å². The van der Waals surface area contributed by atoms with Crippen molar-refractivity contribution in [2.75, 3.05) is 11.6 Å². The number of carbonyl (C=O) groups excluding carboxylic acids is 1. The average Bonchev–Trinajstić information content (AvgIpc) is 2.97. The third-order valence-corrected chi connectivity index (χ3v) is 4.27. The number of thioether (sulfide) groups is 1. The van der Waals surface area contributed by atoms with E-state index in [0.29, 0.717) is 10.6 Å². The normalized spacial score (nSPS) is 21.1. The summed E-state index contributed by atoms with van der Waals surface area (Å²) >= 11 is 2.95. The van der Waals surface area contributed by atoms with Gasteiger partial charge in [-0.3, -0.25) is 10.1 Å². The van der Waals surface area contributed by atoms with Gasteiger partial charge >= 0.3 is 5.97 Å². The highest BCUT2D eigenvalue weighted by Crippen LogP contribution is 2.20. The van der Waals surface area contributed by atoms with Crippen LogP contribution in [0.4, 0.5) is 0 Å². The molecular weight excluding hydrogens is 260 g/mol. The first-order chi connectivity index (χ1) is 8.18. The Bertz CT molecular complexity index is 402. The van der Waals surface area contributed by atoms with Crippen LogP contribution in [0.3, 0.4) is 0 Å². The molecule has 0 aromatic carbocycles. The van der Waals surface area contributed by atoms with E-state index in [9.17, 15) is 9.59 Å². The van der Waals surface area contributed by atoms with Gasteiger partial charge < -0.3 is 10.4 Å². The predicted octanol–water partition coefficient (Wildman–Crippen LogP) is 0.652. The van der Waals surface area contributed by atoms with Crippen molar-refractivity contribution >= 4 is 35.0 Å². The minimum absolute atomic E-state index is 0.254. The first kappa shape index (κ1) is 12.4. The van der Waals surface area contributed by atoms with Crippen LogP contribution in [0.1, 0.15) is 10.9 Å². The number of carbonyl (C=O) groups is 2. The van der Waals surface area contributed by atoms with Gasteiger partial charge in [0.25, 0.3) is 0 Å². The molecule has 1 fully saturated rings. The molecule has 1 aromatic heterocycles. The Morgan fingerprint density at radius 3 is 2.94 bits per heavy atom. The molecule has 7 heteroatoms. The van der Waals surface area contributed by atoms with Crippen LogP contribution in [0.25, 0.3) is 0 Å². The van der Waals surface area contributed by atoms with Crippen molar-refractivity contribution in [2.24, 2.45) is 0 Å². The average molecular weight is 272 g/mol. The summed E-state index contributed by atoms with van der Waals surface area (Å²) in [6.07, 6.45) is 0. The molecule has 92 valence electrons. The van der Waals surface area contributed by atoms with E-state index in [2.05, 4.69) is 10.6 Å². The Morgan fingerprint density at radius 2 is 2.41 bits per heavy atom. The van der Waals surface area contributed by atoms with E-state index in [1.807, 2.05) is 0 Å². The smallest absolute Gasteiger partial charge is 0.331 e. The number of carboxylic acid groups (broad SMARTS) is 1. The van der Waals surface area contributed by atoms with Gasteiger partial charge in [0.15, 0.2) is 6.04 Å². The maximum absolute atomic E-state index is 11.8. The summed E-state index contributed by atoms with van der Waals surface area (Å²) in [6, 6.07) is 2.24. The van der Waals surface area contributed by atoms with Gasteiger partial charge in [-0.25, -0.2) is 4.79 Å². The maximum Gasteiger partial charge on any atom is 0.331 e. The molecule has 0 saturated carbocycles. The third kappa shape index (κ3) is 2.99. The van der Waals surface area contributed by atoms with E-state index in [0.717, 1.165) is 5.88 Å². The molecule has 0 radical (unpaired) electrons. The molecule has 0 bridgehead atoms. The lowest BCUT2D eigenvalue weighted by Gasteiger charge is -2.16. The molecule has 2 unspecified atom stereocenters. The fourth-order valence-corrected chi connectivity index (χ4v) is 3.23. The summed E-state index contributed by atoms with van der Waals surface area (Å²) in [5.74, 6) is 0.125. The standard InChI is InChI=1S/C10H12N2O3S2/c13-9(6-4-16-5-11-6)12-8(10(14)15)7-2-1-3-17-7/h1-3,6,8,11H,4-5H2,(H,12,13)(H,14,15). The molecule has 1 saturated heterocycles. The van der Waals surface area contributed by atoms with Crippen molar-refractivity contribution in [3.05, 3.63) is 22.4 Å². The molecule has 1 aliphatic heterocycles. The highest BCUT2D eigenvalue weighted by molar-refractivity contribution is 7.99. The Hall–Kier alpha value is -1.05. The van der Waals surface area contributed by atoms with Crippen molar-refractivity contribution in [1.82, 2.24) is 10.6 Å². The Labute approximate surface area is 107 Å². The SMILES string of the molecule is O=C(NC(C(=O)O)c1cccs1)C1CSCN1. The van der Waals surface area contributed by atoms with Gasteiger partial charge in [0.05, 0.1) is 6.04 Å². The molecule has 1 amide bonds. The van der Waals surface area contributed by atoms with Gasteiger partial charge in [-0.2, -0.15) is 0 Å². The third-order valence-electron chi connectivity index (χ3n) is 2.39. The van der Waals surface area contributed by atoms with Crippen molar-refractivity contribution < 1.29 is 14.7 Å². The van der Waals surface area contributed by atoms with Crippen LogP contribution in [0.2, 0.25) is 0 Å². The lowest BCUT2D eigenvalue weighted by molar-refractivity contribution is -0.142. The second-order valence-electron chi connectivity index (χ2n) is 3.57. The fourth-order valence-electron chi connectivity index (χ4n) is 1.52. The zero-order valence-electron chi connectivity index (χ0n) is 8.88. The molecule has 2 heterocycles. The van der Waals surface area contributed by atoms with Crippen molar-refractivity contribution in [3.8, 4) is 0 Å². The van der Waals surface area contributed by atoms with Crippen LogP contribution >= 0.6 is 23.1 Å². The minimum atomic E-state index is -1.04. The highest BCUT2D eigenvalue weighted by atomic mass is 32.2. The van der Waals surface area contributed by atoms with Crippen LogP contribution in [-0.2, 0) is 9.59 Å². The highest BCUT2D eigenvalue weighted by Gasteiger charge is 2.28. The van der Waals surface area contributed by atoms with Crippen LogP contribution < -0.4 is 10.6 Å². The van der Waals surface area contributed by atoms with Crippen molar-refractivity contribution in [3.63, 3.8) is 0 Å². The molecule has 3 N–H and O–H groups in total. The lowest BCUT2D eigenvalue weighted by Crippen LogP contribution is -2.45. The van der Waals surface area contributed by atoms with Gasteiger partial charge in [-0.05, 0) is 11.4 Å². The maximum atomic E-state index is 11.8. The van der Waals surface area contributed by atoms with Crippen LogP contribution in [-0.4, -0.2) is 34.7 Å². The number of aliphatic carboxylic acids is 1. The van der Waals surface area contributed by atoms with E-state index in [1.165, 1.54) is 11.3 Å². The molecule has 1 aromatic rings. The number of carboxylic acids is 1. The molecule has 5 nitrogen and oxygen atoms in total. The number of amides is 1. The Balaban J connectivity index is 2.03. The van der Waals surface area contributed by atoms with E-state index >= 15 is 0 Å². The summed E-state index contributed by atoms with van der Waals surface area (Å²) in [5.41, 5.74) is 0. The monoisotopic (exact) mass is 272 g/mol. The van der Waals surface area contributed by atoms with Gasteiger partial charge in [-0.1, -0.05) is 6.07 Å². The molecular formula is C10H12N2O3S2. The predicted molar refractivity (Wildman–Crippen MR) is 67.1 cm³/mol. The minimum Gasteiger partial charge on any atom is -0.479 e. The summed E-state index contributed by atoms with van der Waals surface area (Å²) < 4.78 is 0. The zero-order chi connectivity index (χ0) is 12.3. The van der Waals surface area contributed by atoms with Crippen molar-refractivity contribution in [1.29, 1.82) is 0 Å². The molecule has 2 rings (SSSR count). The number of hydrogen-bond donors (Lipinski definition) is 3. The first-order valence-corrected chi connectivity index (χ1v) is 7.09. The second kappa shape index (κ2) is 5.52. The number of thiophene rings is 1. The van der Waals surface area contributed by atoms with E-state index in [-0.39, 0.29) is 11.9 Å². The molecule has 1 aliphatic rings.